The lowest BCUT2D eigenvalue weighted by Gasteiger charge is -2.37. The highest BCUT2D eigenvalue weighted by Crippen LogP contribution is 2.47. The van der Waals surface area contributed by atoms with Crippen molar-refractivity contribution in [1.82, 2.24) is 44.5 Å². The van der Waals surface area contributed by atoms with Crippen molar-refractivity contribution in [2.45, 2.75) is 51.3 Å². The molecule has 1 aliphatic rings. The minimum atomic E-state index is -4.16. The van der Waals surface area contributed by atoms with Gasteiger partial charge in [-0.25, -0.2) is 32.5 Å². The van der Waals surface area contributed by atoms with Crippen molar-refractivity contribution < 1.29 is 22.7 Å². The van der Waals surface area contributed by atoms with E-state index in [9.17, 15) is 18.7 Å². The predicted octanol–water partition coefficient (Wildman–Crippen LogP) is 5.37. The molecule has 5 heterocycles. The van der Waals surface area contributed by atoms with Crippen molar-refractivity contribution in [3.8, 4) is 16.9 Å². The molecule has 0 radical (unpaired) electrons. The molecule has 2 atom stereocenters. The Labute approximate surface area is 313 Å². The minimum Gasteiger partial charge on any atom is -0.377 e. The number of hydrogen-bond acceptors (Lipinski definition) is 10. The van der Waals surface area contributed by atoms with Crippen LogP contribution in [0.25, 0.3) is 16.9 Å². The molecule has 1 saturated heterocycles. The van der Waals surface area contributed by atoms with Crippen LogP contribution in [0.4, 0.5) is 28.9 Å². The fourth-order valence-electron chi connectivity index (χ4n) is 7.05. The fraction of sp³-hybridized carbons (Fsp3) is 0.342. The van der Waals surface area contributed by atoms with Crippen molar-refractivity contribution in [3.05, 3.63) is 125 Å². The molecule has 13 nitrogen and oxygen atoms in total. The predicted molar refractivity (Wildman–Crippen MR) is 196 cm³/mol. The van der Waals surface area contributed by atoms with Crippen LogP contribution < -0.4 is 15.5 Å². The number of aliphatic hydroxyl groups is 1. The van der Waals surface area contributed by atoms with Gasteiger partial charge < -0.3 is 14.9 Å². The summed E-state index contributed by atoms with van der Waals surface area (Å²) in [5.74, 6) is -5.72. The number of tetrazole rings is 1. The lowest BCUT2D eigenvalue weighted by Crippen LogP contribution is -2.48. The summed E-state index contributed by atoms with van der Waals surface area (Å²) in [5, 5.41) is 26.1. The van der Waals surface area contributed by atoms with E-state index in [4.69, 9.17) is 0 Å². The Balaban J connectivity index is 1.00. The van der Waals surface area contributed by atoms with Gasteiger partial charge in [-0.1, -0.05) is 39.0 Å². The van der Waals surface area contributed by atoms with E-state index in [1.165, 1.54) is 27.8 Å². The van der Waals surface area contributed by atoms with Crippen LogP contribution in [0.15, 0.2) is 96.6 Å². The minimum absolute atomic E-state index is 0.0140. The molecule has 286 valence electrons. The molecule has 0 unspecified atom stereocenters. The zero-order chi connectivity index (χ0) is 38.9. The van der Waals surface area contributed by atoms with E-state index < -0.39 is 41.0 Å². The van der Waals surface area contributed by atoms with E-state index in [0.29, 0.717) is 17.4 Å². The second-order valence-electron chi connectivity index (χ2n) is 13.8. The largest absolute Gasteiger partial charge is 0.377 e. The van der Waals surface area contributed by atoms with Gasteiger partial charge in [0.1, 0.15) is 35.8 Å². The van der Waals surface area contributed by atoms with E-state index >= 15 is 8.78 Å². The third-order valence-corrected chi connectivity index (χ3v) is 10.1. The van der Waals surface area contributed by atoms with E-state index in [0.717, 1.165) is 78.7 Å². The van der Waals surface area contributed by atoms with Gasteiger partial charge in [0, 0.05) is 55.3 Å². The Morgan fingerprint density at radius 3 is 2.11 bits per heavy atom. The summed E-state index contributed by atoms with van der Waals surface area (Å²) < 4.78 is 64.7. The highest BCUT2D eigenvalue weighted by Gasteiger charge is 2.58. The van der Waals surface area contributed by atoms with Gasteiger partial charge in [-0.2, -0.15) is 13.9 Å². The lowest BCUT2D eigenvalue weighted by molar-refractivity contribution is -0.207. The summed E-state index contributed by atoms with van der Waals surface area (Å²) in [6, 6.07) is 15.9. The van der Waals surface area contributed by atoms with Crippen molar-refractivity contribution in [2.24, 2.45) is 5.92 Å². The van der Waals surface area contributed by atoms with Gasteiger partial charge in [-0.15, -0.1) is 5.10 Å². The van der Waals surface area contributed by atoms with Crippen LogP contribution in [0, 0.1) is 17.6 Å². The maximum absolute atomic E-state index is 16.2. The van der Waals surface area contributed by atoms with Gasteiger partial charge >= 0.3 is 11.6 Å². The Kier molecular flexibility index (Phi) is 10.2. The fourth-order valence-corrected chi connectivity index (χ4v) is 7.05. The molecule has 2 aromatic carbocycles. The number of aromatic nitrogens is 9. The Morgan fingerprint density at radius 1 is 0.836 bits per heavy atom. The van der Waals surface area contributed by atoms with E-state index in [1.807, 2.05) is 43.3 Å². The summed E-state index contributed by atoms with van der Waals surface area (Å²) in [6.45, 7) is 8.23. The van der Waals surface area contributed by atoms with E-state index in [-0.39, 0.29) is 17.6 Å². The first-order chi connectivity index (χ1) is 26.4. The van der Waals surface area contributed by atoms with Gasteiger partial charge in [0.15, 0.2) is 5.60 Å². The molecule has 0 aliphatic carbocycles. The molecule has 6 aromatic rings. The van der Waals surface area contributed by atoms with Crippen molar-refractivity contribution in [1.29, 1.82) is 0 Å². The normalized spacial score (nSPS) is 15.4. The second-order valence-corrected chi connectivity index (χ2v) is 13.8. The van der Waals surface area contributed by atoms with E-state index in [1.54, 1.807) is 6.20 Å². The number of halogens is 4. The molecular formula is C38H39F4N11O2. The quantitative estimate of drug-likeness (QED) is 0.163. The van der Waals surface area contributed by atoms with Crippen molar-refractivity contribution in [2.75, 3.05) is 36.0 Å². The van der Waals surface area contributed by atoms with Crippen molar-refractivity contribution in [3.63, 3.8) is 0 Å². The smallest absolute Gasteiger partial charge is 0.351 e. The van der Waals surface area contributed by atoms with Gasteiger partial charge in [0.2, 0.25) is 0 Å². The molecule has 0 amide bonds. The first-order valence-electron chi connectivity index (χ1n) is 17.9. The number of pyridine rings is 2. The average molecular weight is 758 g/mol. The van der Waals surface area contributed by atoms with Gasteiger partial charge in [-0.3, -0.25) is 4.98 Å². The zero-order valence-corrected chi connectivity index (χ0v) is 30.3. The molecule has 55 heavy (non-hydrogen) atoms. The van der Waals surface area contributed by atoms with E-state index in [2.05, 4.69) is 54.2 Å². The van der Waals surface area contributed by atoms with Crippen LogP contribution >= 0.6 is 0 Å². The number of alkyl halides is 2. The van der Waals surface area contributed by atoms with Crippen LogP contribution in [-0.2, 0) is 18.1 Å². The molecule has 0 saturated carbocycles. The summed E-state index contributed by atoms with van der Waals surface area (Å²) in [5.41, 5.74) is -1.89. The third kappa shape index (κ3) is 7.18. The van der Waals surface area contributed by atoms with Crippen LogP contribution in [0.3, 0.4) is 0 Å². The summed E-state index contributed by atoms with van der Waals surface area (Å²) >= 11 is 0. The van der Waals surface area contributed by atoms with Crippen molar-refractivity contribution >= 4 is 11.4 Å². The number of nitrogens with zero attached hydrogens (tertiary/aromatic N) is 11. The molecule has 1 N–H and O–H groups in total. The topological polar surface area (TPSA) is 136 Å². The van der Waals surface area contributed by atoms with Crippen LogP contribution in [-0.4, -0.2) is 75.8 Å². The van der Waals surface area contributed by atoms with Crippen LogP contribution in [0.1, 0.15) is 44.5 Å². The van der Waals surface area contributed by atoms with Gasteiger partial charge in [-0.05, 0) is 70.8 Å². The average Bonchev–Trinajstić information content (AvgIpc) is 3.84. The molecule has 1 fully saturated rings. The molecular weight excluding hydrogens is 718 g/mol. The molecule has 0 spiro atoms. The molecule has 4 aromatic heterocycles. The van der Waals surface area contributed by atoms with Crippen LogP contribution in [0.2, 0.25) is 0 Å². The monoisotopic (exact) mass is 757 g/mol. The lowest BCUT2D eigenvalue weighted by atomic mass is 9.84. The first kappa shape index (κ1) is 37.3. The zero-order valence-electron chi connectivity index (χ0n) is 30.3. The number of piperazine rings is 1. The van der Waals surface area contributed by atoms with Crippen LogP contribution in [0.5, 0.6) is 0 Å². The maximum atomic E-state index is 16.2. The standard InChI is InChI=1S/C38H39F4N11O2/c1-4-33(25(2)3)53-36(54)52(24-46-53)35-14-11-30(21-44-35)50-17-15-49(16-18-50)29-9-5-26(6-10-29)27-7-13-34(43-20-27)38(41,42)37(55,22-51-23-45-47-48-51)31-12-8-28(39)19-32(31)40/h5-14,19-21,23-25,33,55H,4,15-18,22H2,1-3H3/t33-,37-/m0/s1. The maximum Gasteiger partial charge on any atom is 0.351 e. The summed E-state index contributed by atoms with van der Waals surface area (Å²) in [6.07, 6.45) is 6.35. The number of rotatable bonds is 12. The molecule has 0 bridgehead atoms. The molecule has 1 aliphatic heterocycles. The summed E-state index contributed by atoms with van der Waals surface area (Å²) in [7, 11) is 0. The Bertz CT molecular complexity index is 2270. The molecule has 7 rings (SSSR count). The second kappa shape index (κ2) is 15.0. The number of anilines is 2. The Morgan fingerprint density at radius 2 is 1.53 bits per heavy atom. The SMILES string of the molecule is CC[C@@H](C(C)C)n1ncn(-c2ccc(N3CCN(c4ccc(-c5ccc(C(F)(F)[C@](O)(Cn6cnnn6)c6ccc(F)cc6F)nc5)cc4)CC3)cn2)c1=O. The molecule has 17 heteroatoms. The first-order valence-corrected chi connectivity index (χ1v) is 17.9. The highest BCUT2D eigenvalue weighted by atomic mass is 19.3. The highest BCUT2D eigenvalue weighted by molar-refractivity contribution is 5.66. The Hall–Kier alpha value is -5.97. The third-order valence-electron chi connectivity index (χ3n) is 10.1. The van der Waals surface area contributed by atoms with Gasteiger partial charge in [0.25, 0.3) is 0 Å². The summed E-state index contributed by atoms with van der Waals surface area (Å²) in [4.78, 5) is 26.1. The number of hydrogen-bond donors (Lipinski definition) is 1. The number of benzene rings is 2. The van der Waals surface area contributed by atoms with Gasteiger partial charge in [0.05, 0.1) is 24.5 Å².